The van der Waals surface area contributed by atoms with Gasteiger partial charge in [0.25, 0.3) is 0 Å². The van der Waals surface area contributed by atoms with Gasteiger partial charge in [-0.1, -0.05) is 16.0 Å². The molecule has 1 aromatic rings. The molecule has 3 nitrogen and oxygen atoms in total. The van der Waals surface area contributed by atoms with Gasteiger partial charge in [0, 0.05) is 5.92 Å². The van der Waals surface area contributed by atoms with Crippen molar-refractivity contribution in [2.75, 3.05) is 0 Å². The van der Waals surface area contributed by atoms with Crippen LogP contribution in [-0.4, -0.2) is 26.2 Å². The monoisotopic (exact) mass is 434 g/mol. The first kappa shape index (κ1) is 22.3. The topological polar surface area (TPSA) is 48.3 Å². The van der Waals surface area contributed by atoms with E-state index in [1.165, 1.54) is 0 Å². The van der Waals surface area contributed by atoms with Crippen LogP contribution in [0.15, 0.2) is 16.5 Å². The zero-order valence-corrected chi connectivity index (χ0v) is 16.2. The number of halogens is 7. The predicted molar refractivity (Wildman–Crippen MR) is 91.0 cm³/mol. The highest BCUT2D eigenvalue weighted by Crippen LogP contribution is 2.46. The van der Waals surface area contributed by atoms with Gasteiger partial charge in [0.15, 0.2) is 5.69 Å². The van der Waals surface area contributed by atoms with Crippen molar-refractivity contribution in [2.24, 2.45) is 16.2 Å². The molecule has 0 N–H and O–H groups in total. The number of rotatable bonds is 3. The van der Waals surface area contributed by atoms with Gasteiger partial charge in [0.05, 0.1) is 16.6 Å². The minimum absolute atomic E-state index is 0.120. The maximum Gasteiger partial charge on any atom is 0.434 e. The largest absolute Gasteiger partial charge is 0.591 e. The van der Waals surface area contributed by atoms with Crippen molar-refractivity contribution >= 4 is 28.7 Å². The van der Waals surface area contributed by atoms with E-state index in [-0.39, 0.29) is 24.2 Å². The van der Waals surface area contributed by atoms with Crippen molar-refractivity contribution in [2.45, 2.75) is 50.7 Å². The van der Waals surface area contributed by atoms with Crippen LogP contribution in [0.1, 0.15) is 45.0 Å². The van der Waals surface area contributed by atoms with E-state index in [2.05, 4.69) is 9.38 Å². The van der Waals surface area contributed by atoms with Crippen molar-refractivity contribution in [3.63, 3.8) is 0 Å². The number of hydrogen-bond acceptors (Lipinski definition) is 3. The maximum atomic E-state index is 13.1. The SMILES string of the molecule is CC(C)(C)[S@@+]([O-])/N=C(/c1ccc(Cl)c(C(F)(F)F)n1)C1CC(C(F)(F)F)C1. The van der Waals surface area contributed by atoms with E-state index in [4.69, 9.17) is 11.6 Å². The molecule has 1 aromatic heterocycles. The smallest absolute Gasteiger partial charge is 0.434 e. The van der Waals surface area contributed by atoms with Crippen LogP contribution in [0.25, 0.3) is 0 Å². The molecule has 11 heteroatoms. The molecule has 0 bridgehead atoms. The number of pyridine rings is 1. The Morgan fingerprint density at radius 3 is 2.15 bits per heavy atom. The first-order valence-corrected chi connectivity index (χ1v) is 9.40. The van der Waals surface area contributed by atoms with Gasteiger partial charge in [-0.2, -0.15) is 26.3 Å². The van der Waals surface area contributed by atoms with Gasteiger partial charge in [0.1, 0.15) is 21.8 Å². The third-order valence-corrected chi connectivity index (χ3v) is 5.78. The Morgan fingerprint density at radius 1 is 1.15 bits per heavy atom. The molecule has 0 spiro atoms. The summed E-state index contributed by atoms with van der Waals surface area (Å²) in [5.74, 6) is -2.34. The molecule has 1 heterocycles. The Hall–Kier alpha value is -1.00. The van der Waals surface area contributed by atoms with E-state index in [1.807, 2.05) is 0 Å². The zero-order chi connectivity index (χ0) is 20.8. The van der Waals surface area contributed by atoms with E-state index in [0.29, 0.717) is 0 Å². The summed E-state index contributed by atoms with van der Waals surface area (Å²) in [5.41, 5.74) is -1.75. The summed E-state index contributed by atoms with van der Waals surface area (Å²) in [6.07, 6.45) is -9.91. The zero-order valence-electron chi connectivity index (χ0n) is 14.6. The lowest BCUT2D eigenvalue weighted by Gasteiger charge is -2.37. The van der Waals surface area contributed by atoms with Crippen molar-refractivity contribution in [1.29, 1.82) is 0 Å². The van der Waals surface area contributed by atoms with Gasteiger partial charge in [-0.25, -0.2) is 4.98 Å². The van der Waals surface area contributed by atoms with Gasteiger partial charge in [-0.3, -0.25) is 0 Å². The molecule has 1 saturated carbocycles. The molecule has 0 radical (unpaired) electrons. The molecule has 27 heavy (non-hydrogen) atoms. The van der Waals surface area contributed by atoms with Gasteiger partial charge < -0.3 is 4.55 Å². The molecule has 1 atom stereocenters. The minimum atomic E-state index is -4.84. The van der Waals surface area contributed by atoms with Gasteiger partial charge >= 0.3 is 12.4 Å². The summed E-state index contributed by atoms with van der Waals surface area (Å²) in [4.78, 5) is 3.47. The second-order valence-corrected chi connectivity index (χ2v) is 9.58. The summed E-state index contributed by atoms with van der Waals surface area (Å²) in [6, 6.07) is 2.11. The number of hydrogen-bond donors (Lipinski definition) is 0. The van der Waals surface area contributed by atoms with Crippen molar-refractivity contribution < 1.29 is 30.9 Å². The van der Waals surface area contributed by atoms with Crippen LogP contribution in [0.2, 0.25) is 5.02 Å². The fourth-order valence-corrected chi connectivity index (χ4v) is 3.36. The lowest BCUT2D eigenvalue weighted by Crippen LogP contribution is -2.41. The molecule has 0 unspecified atom stereocenters. The van der Waals surface area contributed by atoms with E-state index in [0.717, 1.165) is 12.1 Å². The Bertz CT molecular complexity index is 723. The minimum Gasteiger partial charge on any atom is -0.591 e. The van der Waals surface area contributed by atoms with Crippen LogP contribution in [0, 0.1) is 11.8 Å². The van der Waals surface area contributed by atoms with E-state index in [9.17, 15) is 30.9 Å². The Morgan fingerprint density at radius 2 is 1.70 bits per heavy atom. The third-order valence-electron chi connectivity index (χ3n) is 4.07. The fourth-order valence-electron chi connectivity index (χ4n) is 2.45. The van der Waals surface area contributed by atoms with Crippen LogP contribution < -0.4 is 0 Å². The highest BCUT2D eigenvalue weighted by Gasteiger charge is 2.50. The van der Waals surface area contributed by atoms with Crippen molar-refractivity contribution in [1.82, 2.24) is 4.98 Å². The van der Waals surface area contributed by atoms with Gasteiger partial charge in [-0.05, 0) is 45.7 Å². The highest BCUT2D eigenvalue weighted by molar-refractivity contribution is 7.91. The van der Waals surface area contributed by atoms with Crippen LogP contribution in [0.3, 0.4) is 0 Å². The van der Waals surface area contributed by atoms with Crippen LogP contribution in [0.5, 0.6) is 0 Å². The standard InChI is InChI=1S/C16H17ClF6N2OS/c1-14(2,3)27(26)25-12(8-6-9(7-8)15(18,19)20)11-5-4-10(17)13(24-11)16(21,22)23/h4-5,8-9H,6-7H2,1-3H3/b25-12+/t8?,9?,27-/m1/s1. The highest BCUT2D eigenvalue weighted by atomic mass is 35.5. The molecule has 0 saturated heterocycles. The second kappa shape index (κ2) is 7.44. The van der Waals surface area contributed by atoms with Crippen LogP contribution >= 0.6 is 11.6 Å². The van der Waals surface area contributed by atoms with Crippen LogP contribution in [0.4, 0.5) is 26.3 Å². The second-order valence-electron chi connectivity index (χ2n) is 7.27. The average Bonchev–Trinajstić information content (AvgIpc) is 2.41. The van der Waals surface area contributed by atoms with Gasteiger partial charge in [0.2, 0.25) is 0 Å². The first-order chi connectivity index (χ1) is 12.1. The molecule has 1 aliphatic rings. The molecular weight excluding hydrogens is 418 g/mol. The van der Waals surface area contributed by atoms with Gasteiger partial charge in [-0.15, -0.1) is 0 Å². The molecular formula is C16H17ClF6N2OS. The molecule has 2 rings (SSSR count). The summed E-state index contributed by atoms with van der Waals surface area (Å²) >= 11 is 3.67. The molecule has 0 aliphatic heterocycles. The third kappa shape index (κ3) is 5.29. The number of alkyl halides is 6. The average molecular weight is 435 g/mol. The summed E-state index contributed by atoms with van der Waals surface area (Å²) in [7, 11) is 0. The van der Waals surface area contributed by atoms with Crippen molar-refractivity contribution in [3.8, 4) is 0 Å². The lowest BCUT2D eigenvalue weighted by atomic mass is 9.71. The molecule has 1 fully saturated rings. The fraction of sp³-hybridized carbons (Fsp3) is 0.625. The Balaban J connectivity index is 2.44. The Labute approximate surface area is 160 Å². The van der Waals surface area contributed by atoms with E-state index < -0.39 is 51.0 Å². The Kier molecular flexibility index (Phi) is 6.14. The predicted octanol–water partition coefficient (Wildman–Crippen LogP) is 5.59. The quantitative estimate of drug-likeness (QED) is 0.353. The number of aromatic nitrogens is 1. The van der Waals surface area contributed by atoms with E-state index in [1.54, 1.807) is 20.8 Å². The summed E-state index contributed by atoms with van der Waals surface area (Å²) in [5, 5.41) is -0.635. The molecule has 152 valence electrons. The molecule has 0 aromatic carbocycles. The maximum absolute atomic E-state index is 13.1. The van der Waals surface area contributed by atoms with Crippen LogP contribution in [-0.2, 0) is 17.5 Å². The number of nitrogens with zero attached hydrogens (tertiary/aromatic N) is 2. The normalized spacial score (nSPS) is 23.1. The van der Waals surface area contributed by atoms with E-state index >= 15 is 0 Å². The molecule has 0 amide bonds. The van der Waals surface area contributed by atoms with Crippen molar-refractivity contribution in [3.05, 3.63) is 28.5 Å². The summed E-state index contributed by atoms with van der Waals surface area (Å²) < 4.78 is 93.0. The lowest BCUT2D eigenvalue weighted by molar-refractivity contribution is -0.198. The summed E-state index contributed by atoms with van der Waals surface area (Å²) in [6.45, 7) is 4.79. The first-order valence-electron chi connectivity index (χ1n) is 7.92. The molecule has 1 aliphatic carbocycles.